The maximum Gasteiger partial charge on any atom is 0.148 e. The molecule has 1 aliphatic rings. The first-order valence-electron chi connectivity index (χ1n) is 10.9. The number of benzene rings is 1. The van der Waals surface area contributed by atoms with Gasteiger partial charge in [-0.15, -0.1) is 0 Å². The molecule has 0 aromatic heterocycles. The van der Waals surface area contributed by atoms with E-state index in [1.165, 1.54) is 12.8 Å². The van der Waals surface area contributed by atoms with Gasteiger partial charge in [-0.25, -0.2) is 4.39 Å². The number of hydrogen-bond acceptors (Lipinski definition) is 3. The van der Waals surface area contributed by atoms with Crippen LogP contribution in [0.3, 0.4) is 0 Å². The van der Waals surface area contributed by atoms with Crippen molar-refractivity contribution in [2.75, 3.05) is 30.4 Å². The average Bonchev–Trinajstić information content (AvgIpc) is 2.65. The lowest BCUT2D eigenvalue weighted by Crippen LogP contribution is -2.54. The van der Waals surface area contributed by atoms with Crippen LogP contribution in [0.15, 0.2) is 18.2 Å². The third kappa shape index (κ3) is 14.4. The monoisotopic (exact) mass is 385 g/mol. The minimum atomic E-state index is -0.154. The molecule has 0 saturated carbocycles. The Kier molecular flexibility index (Phi) is 23.7. The van der Waals surface area contributed by atoms with Crippen molar-refractivity contribution < 1.29 is 4.39 Å². The lowest BCUT2D eigenvalue weighted by molar-refractivity contribution is 0.404. The average molecular weight is 386 g/mol. The van der Waals surface area contributed by atoms with Crippen LogP contribution >= 0.6 is 0 Å². The molecular weight excluding hydrogens is 337 g/mol. The van der Waals surface area contributed by atoms with E-state index in [0.717, 1.165) is 18.8 Å². The van der Waals surface area contributed by atoms with Gasteiger partial charge in [0.2, 0.25) is 0 Å². The summed E-state index contributed by atoms with van der Waals surface area (Å²) in [5, 5.41) is 6.39. The fourth-order valence-corrected chi connectivity index (χ4v) is 2.44. The quantitative estimate of drug-likeness (QED) is 0.577. The Balaban J connectivity index is -0.000000491. The molecule has 2 rings (SSSR count). The van der Waals surface area contributed by atoms with Gasteiger partial charge in [0, 0.05) is 37.9 Å². The topological polar surface area (TPSA) is 27.3 Å². The Bertz CT molecular complexity index is 412. The fraction of sp³-hybridized carbons (Fsp3) is 0.739. The molecule has 1 heterocycles. The highest BCUT2D eigenvalue weighted by Gasteiger charge is 2.22. The first-order valence-corrected chi connectivity index (χ1v) is 10.9. The molecule has 3 nitrogen and oxygen atoms in total. The van der Waals surface area contributed by atoms with E-state index < -0.39 is 0 Å². The number of nitrogens with zero attached hydrogens (tertiary/aromatic N) is 1. The van der Waals surface area contributed by atoms with Crippen molar-refractivity contribution >= 4 is 11.4 Å². The van der Waals surface area contributed by atoms with Gasteiger partial charge in [-0.2, -0.15) is 0 Å². The smallest absolute Gasteiger partial charge is 0.148 e. The molecular formula is C23H48FN3. The zero-order chi connectivity index (χ0) is 21.8. The molecule has 27 heavy (non-hydrogen) atoms. The summed E-state index contributed by atoms with van der Waals surface area (Å²) in [5.74, 6) is -0.154. The first kappa shape index (κ1) is 30.4. The Morgan fingerprint density at radius 1 is 0.963 bits per heavy atom. The van der Waals surface area contributed by atoms with Crippen LogP contribution in [0.4, 0.5) is 15.8 Å². The van der Waals surface area contributed by atoms with Crippen LogP contribution in [0.2, 0.25) is 0 Å². The lowest BCUT2D eigenvalue weighted by atomic mass is 10.1. The van der Waals surface area contributed by atoms with Gasteiger partial charge >= 0.3 is 0 Å². The number of rotatable bonds is 2. The molecule has 4 heteroatoms. The van der Waals surface area contributed by atoms with Crippen LogP contribution in [-0.2, 0) is 0 Å². The molecule has 0 bridgehead atoms. The largest absolute Gasteiger partial charge is 0.388 e. The SMILES string of the molecule is CC.CC.CCC.CCC.CNc1ccc(N2CC(C)NC(C)C2)c(F)c1. The van der Waals surface area contributed by atoms with Crippen molar-refractivity contribution in [1.82, 2.24) is 5.32 Å². The Morgan fingerprint density at radius 2 is 1.37 bits per heavy atom. The van der Waals surface area contributed by atoms with Crippen LogP contribution in [0.25, 0.3) is 0 Å². The molecule has 1 aromatic carbocycles. The number of nitrogens with one attached hydrogen (secondary N) is 2. The standard InChI is InChI=1S/C13H20FN3.2C3H8.2C2H6/c1-9-7-17(8-10(2)16-9)13-5-4-11(15-3)6-12(13)14;2*1-3-2;2*1-2/h4-6,9-10,15-16H,7-8H2,1-3H3;2*3H2,1-2H3;2*1-2H3. The summed E-state index contributed by atoms with van der Waals surface area (Å²) in [7, 11) is 1.80. The molecule has 1 fully saturated rings. The summed E-state index contributed by atoms with van der Waals surface area (Å²) in [5.41, 5.74) is 1.51. The van der Waals surface area contributed by atoms with E-state index in [4.69, 9.17) is 0 Å². The molecule has 0 amide bonds. The second-order valence-electron chi connectivity index (χ2n) is 6.20. The maximum atomic E-state index is 14.0. The van der Waals surface area contributed by atoms with Crippen LogP contribution < -0.4 is 15.5 Å². The summed E-state index contributed by atoms with van der Waals surface area (Å²) in [6, 6.07) is 6.10. The van der Waals surface area contributed by atoms with Crippen molar-refractivity contribution in [1.29, 1.82) is 0 Å². The van der Waals surface area contributed by atoms with Crippen molar-refractivity contribution in [3.8, 4) is 0 Å². The molecule has 2 N–H and O–H groups in total. The van der Waals surface area contributed by atoms with Crippen LogP contribution in [0, 0.1) is 5.82 Å². The van der Waals surface area contributed by atoms with Crippen LogP contribution in [0.5, 0.6) is 0 Å². The highest BCUT2D eigenvalue weighted by Crippen LogP contribution is 2.24. The molecule has 2 unspecified atom stereocenters. The van der Waals surface area contributed by atoms with Gasteiger partial charge in [-0.3, -0.25) is 0 Å². The molecule has 2 atom stereocenters. The second-order valence-corrected chi connectivity index (χ2v) is 6.20. The fourth-order valence-electron chi connectivity index (χ4n) is 2.44. The van der Waals surface area contributed by atoms with Crippen molar-refractivity contribution in [3.63, 3.8) is 0 Å². The van der Waals surface area contributed by atoms with E-state index in [-0.39, 0.29) is 5.82 Å². The van der Waals surface area contributed by atoms with Gasteiger partial charge in [0.05, 0.1) is 5.69 Å². The highest BCUT2D eigenvalue weighted by molar-refractivity contribution is 5.56. The summed E-state index contributed by atoms with van der Waals surface area (Å²) in [6.07, 6.45) is 2.50. The molecule has 1 aliphatic heterocycles. The molecule has 0 radical (unpaired) electrons. The lowest BCUT2D eigenvalue weighted by Gasteiger charge is -2.37. The Morgan fingerprint density at radius 3 is 1.70 bits per heavy atom. The van der Waals surface area contributed by atoms with Gasteiger partial charge in [-0.05, 0) is 32.0 Å². The van der Waals surface area contributed by atoms with Gasteiger partial charge in [0.25, 0.3) is 0 Å². The maximum absolute atomic E-state index is 14.0. The van der Waals surface area contributed by atoms with E-state index in [2.05, 4.69) is 57.1 Å². The normalized spacial score (nSPS) is 17.4. The third-order valence-electron chi connectivity index (χ3n) is 3.13. The molecule has 0 aliphatic carbocycles. The van der Waals surface area contributed by atoms with E-state index >= 15 is 0 Å². The predicted octanol–water partition coefficient (Wildman–Crippen LogP) is 6.94. The summed E-state index contributed by atoms with van der Waals surface area (Å²) < 4.78 is 14.0. The number of anilines is 2. The minimum Gasteiger partial charge on any atom is -0.388 e. The van der Waals surface area contributed by atoms with Crippen molar-refractivity contribution in [2.45, 2.75) is 94.2 Å². The van der Waals surface area contributed by atoms with Gasteiger partial charge in [0.1, 0.15) is 5.82 Å². The van der Waals surface area contributed by atoms with Gasteiger partial charge in [-0.1, -0.05) is 68.2 Å². The zero-order valence-electron chi connectivity index (χ0n) is 20.0. The summed E-state index contributed by atoms with van der Waals surface area (Å²) in [4.78, 5) is 2.11. The summed E-state index contributed by atoms with van der Waals surface area (Å²) in [6.45, 7) is 22.4. The van der Waals surface area contributed by atoms with E-state index in [9.17, 15) is 4.39 Å². The zero-order valence-corrected chi connectivity index (χ0v) is 20.0. The van der Waals surface area contributed by atoms with E-state index in [1.54, 1.807) is 13.1 Å². The van der Waals surface area contributed by atoms with E-state index in [0.29, 0.717) is 17.8 Å². The van der Waals surface area contributed by atoms with Gasteiger partial charge in [0.15, 0.2) is 0 Å². The van der Waals surface area contributed by atoms with Crippen LogP contribution in [-0.4, -0.2) is 32.2 Å². The predicted molar refractivity (Wildman–Crippen MR) is 125 cm³/mol. The van der Waals surface area contributed by atoms with E-state index in [1.807, 2.05) is 39.8 Å². The number of piperazine rings is 1. The highest BCUT2D eigenvalue weighted by atomic mass is 19.1. The van der Waals surface area contributed by atoms with Crippen molar-refractivity contribution in [3.05, 3.63) is 24.0 Å². The third-order valence-corrected chi connectivity index (χ3v) is 3.13. The number of hydrogen-bond donors (Lipinski definition) is 2. The molecule has 0 spiro atoms. The molecule has 1 saturated heterocycles. The molecule has 1 aromatic rings. The first-order chi connectivity index (χ1) is 12.9. The van der Waals surface area contributed by atoms with Gasteiger partial charge < -0.3 is 15.5 Å². The minimum absolute atomic E-state index is 0.154. The van der Waals surface area contributed by atoms with Crippen LogP contribution in [0.1, 0.15) is 82.1 Å². The summed E-state index contributed by atoms with van der Waals surface area (Å²) >= 11 is 0. The number of halogens is 1. The molecule has 162 valence electrons. The van der Waals surface area contributed by atoms with Crippen molar-refractivity contribution in [2.24, 2.45) is 0 Å². The Hall–Kier alpha value is -1.29. The Labute approximate surface area is 170 Å². The second kappa shape index (κ2) is 21.0.